The molecule has 0 atom stereocenters. The molecule has 0 aliphatic carbocycles. The fraction of sp³-hybridized carbons (Fsp3) is 0.100. The molecule has 0 radical (unpaired) electrons. The van der Waals surface area contributed by atoms with Crippen molar-refractivity contribution in [3.8, 4) is 0 Å². The van der Waals surface area contributed by atoms with Gasteiger partial charge in [-0.3, -0.25) is 18.6 Å². The summed E-state index contributed by atoms with van der Waals surface area (Å²) in [6, 6.07) is 8.54. The Morgan fingerprint density at radius 3 is 2.68 bits per heavy atom. The van der Waals surface area contributed by atoms with Gasteiger partial charge in [0.25, 0.3) is 5.56 Å². The van der Waals surface area contributed by atoms with Gasteiger partial charge in [0, 0.05) is 6.54 Å². The average molecular weight is 445 g/mol. The Kier molecular flexibility index (Phi) is 5.51. The van der Waals surface area contributed by atoms with Crippen molar-refractivity contribution in [3.05, 3.63) is 76.9 Å². The molecule has 2 aromatic heterocycles. The predicted octanol–water partition coefficient (Wildman–Crippen LogP) is 3.38. The summed E-state index contributed by atoms with van der Waals surface area (Å²) in [6.07, 6.45) is 1.56. The number of nitrogens with one attached hydrogen (secondary N) is 1. The van der Waals surface area contributed by atoms with Gasteiger partial charge in [0.1, 0.15) is 0 Å². The van der Waals surface area contributed by atoms with Gasteiger partial charge in [-0.25, -0.2) is 13.2 Å². The molecular formula is C20H14F3N5O2S. The first-order valence-electron chi connectivity index (χ1n) is 8.96. The molecule has 1 N–H and O–H groups in total. The lowest BCUT2D eigenvalue weighted by molar-refractivity contribution is -0.113. The van der Waals surface area contributed by atoms with Gasteiger partial charge in [0.05, 0.1) is 22.3 Å². The fourth-order valence-electron chi connectivity index (χ4n) is 3.06. The summed E-state index contributed by atoms with van der Waals surface area (Å²) in [4.78, 5) is 25.0. The van der Waals surface area contributed by atoms with E-state index in [9.17, 15) is 22.8 Å². The normalized spacial score (nSPS) is 11.2. The topological polar surface area (TPSA) is 81.3 Å². The van der Waals surface area contributed by atoms with E-state index in [1.165, 1.54) is 4.57 Å². The zero-order chi connectivity index (χ0) is 22.1. The number of hydrogen-bond donors (Lipinski definition) is 1. The van der Waals surface area contributed by atoms with E-state index in [0.29, 0.717) is 16.1 Å². The zero-order valence-corrected chi connectivity index (χ0v) is 16.6. The molecule has 158 valence electrons. The highest BCUT2D eigenvalue weighted by molar-refractivity contribution is 7.99. The van der Waals surface area contributed by atoms with E-state index in [-0.39, 0.29) is 23.6 Å². The van der Waals surface area contributed by atoms with Crippen LogP contribution >= 0.6 is 11.8 Å². The van der Waals surface area contributed by atoms with Gasteiger partial charge < -0.3 is 5.32 Å². The summed E-state index contributed by atoms with van der Waals surface area (Å²) in [5.41, 5.74) is -0.165. The molecule has 2 heterocycles. The van der Waals surface area contributed by atoms with E-state index in [1.54, 1.807) is 34.7 Å². The highest BCUT2D eigenvalue weighted by Gasteiger charge is 2.18. The maximum atomic E-state index is 13.8. The molecule has 0 unspecified atom stereocenters. The number of nitrogens with zero attached hydrogens (tertiary/aromatic N) is 4. The molecule has 0 aliphatic rings. The largest absolute Gasteiger partial charge is 0.323 e. The molecule has 11 heteroatoms. The van der Waals surface area contributed by atoms with Crippen molar-refractivity contribution in [2.75, 3.05) is 11.1 Å². The highest BCUT2D eigenvalue weighted by Crippen LogP contribution is 2.23. The minimum atomic E-state index is -1.67. The van der Waals surface area contributed by atoms with Crippen LogP contribution in [0.3, 0.4) is 0 Å². The van der Waals surface area contributed by atoms with Crippen LogP contribution in [0.5, 0.6) is 0 Å². The van der Waals surface area contributed by atoms with Gasteiger partial charge in [-0.05, 0) is 24.3 Å². The maximum absolute atomic E-state index is 13.8. The molecule has 0 spiro atoms. The fourth-order valence-corrected chi connectivity index (χ4v) is 3.80. The van der Waals surface area contributed by atoms with Crippen molar-refractivity contribution in [3.63, 3.8) is 0 Å². The SMILES string of the molecule is C=CCn1c(=O)c2ccccc2n2c(SCC(=O)Nc3ccc(F)c(F)c3F)nnc12. The van der Waals surface area contributed by atoms with Crippen LogP contribution in [0.15, 0.2) is 59.0 Å². The number of carbonyl (C=O) groups is 1. The number of allylic oxidation sites excluding steroid dienone is 1. The van der Waals surface area contributed by atoms with E-state index in [4.69, 9.17) is 0 Å². The number of anilines is 1. The second-order valence-electron chi connectivity index (χ2n) is 6.40. The summed E-state index contributed by atoms with van der Waals surface area (Å²) >= 11 is 0.990. The number of para-hydroxylation sites is 1. The third-order valence-electron chi connectivity index (χ3n) is 4.43. The van der Waals surface area contributed by atoms with Crippen molar-refractivity contribution in [2.45, 2.75) is 11.7 Å². The number of aromatic nitrogens is 4. The standard InChI is InChI=1S/C20H14F3N5O2S/c1-2-9-27-18(30)11-5-3-4-6-14(11)28-19(27)25-26-20(28)31-10-15(29)24-13-8-7-12(21)16(22)17(13)23/h2-8H,1,9-10H2,(H,24,29). The lowest BCUT2D eigenvalue weighted by Crippen LogP contribution is -2.22. The molecule has 2 aromatic carbocycles. The Morgan fingerprint density at radius 1 is 1.13 bits per heavy atom. The van der Waals surface area contributed by atoms with Crippen LogP contribution in [0.4, 0.5) is 18.9 Å². The van der Waals surface area contributed by atoms with Crippen molar-refractivity contribution in [2.24, 2.45) is 0 Å². The number of carbonyl (C=O) groups excluding carboxylic acids is 1. The molecule has 4 rings (SSSR count). The Bertz CT molecular complexity index is 1400. The van der Waals surface area contributed by atoms with Crippen LogP contribution in [0.2, 0.25) is 0 Å². The van der Waals surface area contributed by atoms with Gasteiger partial charge in [-0.15, -0.1) is 16.8 Å². The number of halogens is 3. The summed E-state index contributed by atoms with van der Waals surface area (Å²) in [6.45, 7) is 3.87. The minimum absolute atomic E-state index is 0.214. The smallest absolute Gasteiger partial charge is 0.263 e. The first kappa shape index (κ1) is 20.7. The van der Waals surface area contributed by atoms with Crippen LogP contribution in [-0.4, -0.2) is 30.8 Å². The molecule has 0 aliphatic heterocycles. The molecule has 4 aromatic rings. The summed E-state index contributed by atoms with van der Waals surface area (Å²) < 4.78 is 43.2. The molecule has 1 amide bonds. The van der Waals surface area contributed by atoms with Crippen molar-refractivity contribution >= 4 is 40.0 Å². The van der Waals surface area contributed by atoms with Gasteiger partial charge in [-0.2, -0.15) is 0 Å². The second kappa shape index (κ2) is 8.26. The van der Waals surface area contributed by atoms with E-state index in [0.717, 1.165) is 23.9 Å². The van der Waals surface area contributed by atoms with E-state index in [1.807, 2.05) is 0 Å². The quantitative estimate of drug-likeness (QED) is 0.280. The number of fused-ring (bicyclic) bond motifs is 3. The summed E-state index contributed by atoms with van der Waals surface area (Å²) in [5, 5.41) is 11.1. The number of thioether (sulfide) groups is 1. The molecule has 0 bridgehead atoms. The third kappa shape index (κ3) is 3.67. The monoisotopic (exact) mass is 445 g/mol. The molecule has 31 heavy (non-hydrogen) atoms. The Morgan fingerprint density at radius 2 is 1.90 bits per heavy atom. The van der Waals surface area contributed by atoms with E-state index < -0.39 is 29.0 Å². The number of rotatable bonds is 6. The van der Waals surface area contributed by atoms with E-state index >= 15 is 0 Å². The third-order valence-corrected chi connectivity index (χ3v) is 5.36. The van der Waals surface area contributed by atoms with Crippen LogP contribution in [0.25, 0.3) is 16.7 Å². The van der Waals surface area contributed by atoms with Crippen molar-refractivity contribution in [1.82, 2.24) is 19.2 Å². The van der Waals surface area contributed by atoms with Crippen LogP contribution in [0, 0.1) is 17.5 Å². The van der Waals surface area contributed by atoms with E-state index in [2.05, 4.69) is 22.1 Å². The number of benzene rings is 2. The highest BCUT2D eigenvalue weighted by atomic mass is 32.2. The zero-order valence-electron chi connectivity index (χ0n) is 15.8. The van der Waals surface area contributed by atoms with Gasteiger partial charge in [0.15, 0.2) is 22.6 Å². The minimum Gasteiger partial charge on any atom is -0.323 e. The maximum Gasteiger partial charge on any atom is 0.263 e. The molecule has 0 saturated carbocycles. The molecule has 0 fully saturated rings. The Labute approximate surface area is 177 Å². The Balaban J connectivity index is 1.65. The van der Waals surface area contributed by atoms with Gasteiger partial charge in [0.2, 0.25) is 11.7 Å². The van der Waals surface area contributed by atoms with Crippen LogP contribution in [-0.2, 0) is 11.3 Å². The summed E-state index contributed by atoms with van der Waals surface area (Å²) in [7, 11) is 0. The van der Waals surface area contributed by atoms with Crippen LogP contribution in [0.1, 0.15) is 0 Å². The van der Waals surface area contributed by atoms with Gasteiger partial charge in [-0.1, -0.05) is 30.0 Å². The Hall–Kier alpha value is -3.60. The first-order chi connectivity index (χ1) is 14.9. The van der Waals surface area contributed by atoms with Crippen molar-refractivity contribution < 1.29 is 18.0 Å². The molecule has 7 nitrogen and oxygen atoms in total. The average Bonchev–Trinajstić information content (AvgIpc) is 3.19. The lowest BCUT2D eigenvalue weighted by atomic mass is 10.2. The number of amides is 1. The predicted molar refractivity (Wildman–Crippen MR) is 111 cm³/mol. The lowest BCUT2D eigenvalue weighted by Gasteiger charge is -2.10. The molecular weight excluding hydrogens is 431 g/mol. The molecule has 0 saturated heterocycles. The van der Waals surface area contributed by atoms with Gasteiger partial charge >= 0.3 is 0 Å². The first-order valence-corrected chi connectivity index (χ1v) is 9.94. The van der Waals surface area contributed by atoms with Crippen molar-refractivity contribution in [1.29, 1.82) is 0 Å². The van der Waals surface area contributed by atoms with Crippen LogP contribution < -0.4 is 10.9 Å². The second-order valence-corrected chi connectivity index (χ2v) is 7.34. The summed E-state index contributed by atoms with van der Waals surface area (Å²) in [5.74, 6) is -5.09. The number of hydrogen-bond acceptors (Lipinski definition) is 5.